The number of nitrogen functional groups attached to an aromatic ring is 1. The van der Waals surface area contributed by atoms with E-state index in [0.29, 0.717) is 6.07 Å². The first-order chi connectivity index (χ1) is 9.38. The summed E-state index contributed by atoms with van der Waals surface area (Å²) in [5.74, 6) is -1.91. The molecule has 0 aromatic heterocycles. The molecule has 1 aromatic rings. The molecule has 2 amide bonds. The summed E-state index contributed by atoms with van der Waals surface area (Å²) in [5, 5.41) is 15.7. The van der Waals surface area contributed by atoms with Gasteiger partial charge in [0.2, 0.25) is 5.91 Å². The van der Waals surface area contributed by atoms with Gasteiger partial charge in [-0.15, -0.1) is 0 Å². The Morgan fingerprint density at radius 2 is 2.25 bits per heavy atom. The molecule has 1 aliphatic heterocycles. The number of anilines is 1. The smallest absolute Gasteiger partial charge is 0.295 e. The SMILES string of the molecule is Nc1c(C(=O)NC2CNC(=O)C2)cc(F)cc1[N+](=O)[O-]. The van der Waals surface area contributed by atoms with Crippen LogP contribution in [0, 0.1) is 15.9 Å². The predicted molar refractivity (Wildman–Crippen MR) is 66.3 cm³/mol. The highest BCUT2D eigenvalue weighted by atomic mass is 19.1. The molecule has 20 heavy (non-hydrogen) atoms. The molecule has 9 heteroatoms. The lowest BCUT2D eigenvalue weighted by atomic mass is 10.1. The van der Waals surface area contributed by atoms with Crippen LogP contribution < -0.4 is 16.4 Å². The summed E-state index contributed by atoms with van der Waals surface area (Å²) in [6.45, 7) is 0.252. The largest absolute Gasteiger partial charge is 0.393 e. The van der Waals surface area contributed by atoms with E-state index in [1.54, 1.807) is 0 Å². The van der Waals surface area contributed by atoms with E-state index in [1.165, 1.54) is 0 Å². The molecule has 0 saturated carbocycles. The van der Waals surface area contributed by atoms with Crippen LogP contribution in [-0.4, -0.2) is 29.3 Å². The summed E-state index contributed by atoms with van der Waals surface area (Å²) in [5.41, 5.74) is 4.10. The highest BCUT2D eigenvalue weighted by Crippen LogP contribution is 2.26. The Bertz CT molecular complexity index is 604. The Morgan fingerprint density at radius 1 is 1.55 bits per heavy atom. The number of rotatable bonds is 3. The van der Waals surface area contributed by atoms with Gasteiger partial charge in [0.05, 0.1) is 22.6 Å². The first-order valence-corrected chi connectivity index (χ1v) is 5.69. The minimum Gasteiger partial charge on any atom is -0.393 e. The second-order valence-corrected chi connectivity index (χ2v) is 4.32. The van der Waals surface area contributed by atoms with Crippen LogP contribution in [0.4, 0.5) is 15.8 Å². The maximum Gasteiger partial charge on any atom is 0.295 e. The molecule has 0 aliphatic carbocycles. The van der Waals surface area contributed by atoms with Crippen LogP contribution in [0.1, 0.15) is 16.8 Å². The molecule has 8 nitrogen and oxygen atoms in total. The number of nitro groups is 1. The van der Waals surface area contributed by atoms with Crippen molar-refractivity contribution in [3.63, 3.8) is 0 Å². The second kappa shape index (κ2) is 5.11. The minimum atomic E-state index is -0.934. The molecule has 0 bridgehead atoms. The van der Waals surface area contributed by atoms with Gasteiger partial charge in [-0.05, 0) is 6.07 Å². The zero-order chi connectivity index (χ0) is 14.9. The van der Waals surface area contributed by atoms with E-state index < -0.39 is 34.1 Å². The zero-order valence-corrected chi connectivity index (χ0v) is 10.2. The van der Waals surface area contributed by atoms with E-state index >= 15 is 0 Å². The molecule has 1 fully saturated rings. The van der Waals surface area contributed by atoms with E-state index in [2.05, 4.69) is 10.6 Å². The average molecular weight is 282 g/mol. The Labute approximate surface area is 112 Å². The summed E-state index contributed by atoms with van der Waals surface area (Å²) >= 11 is 0. The van der Waals surface area contributed by atoms with Gasteiger partial charge in [0.25, 0.3) is 11.6 Å². The van der Waals surface area contributed by atoms with Gasteiger partial charge in [-0.25, -0.2) is 4.39 Å². The number of halogens is 1. The van der Waals surface area contributed by atoms with Crippen LogP contribution in [0.25, 0.3) is 0 Å². The predicted octanol–water partition coefficient (Wildman–Crippen LogP) is -0.0656. The number of nitro benzene ring substituents is 1. The van der Waals surface area contributed by atoms with Crippen LogP contribution >= 0.6 is 0 Å². The zero-order valence-electron chi connectivity index (χ0n) is 10.2. The standard InChI is InChI=1S/C11H11FN4O4/c12-5-1-7(10(13)8(2-5)16(19)20)11(18)15-6-3-9(17)14-4-6/h1-2,6H,3-4,13H2,(H,14,17)(H,15,18). The maximum absolute atomic E-state index is 13.3. The molecular weight excluding hydrogens is 271 g/mol. The Kier molecular flexibility index (Phi) is 3.51. The molecule has 0 spiro atoms. The third-order valence-corrected chi connectivity index (χ3v) is 2.88. The molecule has 106 valence electrons. The van der Waals surface area contributed by atoms with Gasteiger partial charge >= 0.3 is 0 Å². The van der Waals surface area contributed by atoms with Crippen molar-refractivity contribution in [2.75, 3.05) is 12.3 Å². The molecule has 1 aromatic carbocycles. The summed E-state index contributed by atoms with van der Waals surface area (Å²) in [6, 6.07) is 1.02. The lowest BCUT2D eigenvalue weighted by Crippen LogP contribution is -2.36. The topological polar surface area (TPSA) is 127 Å². The third kappa shape index (κ3) is 2.66. The van der Waals surface area contributed by atoms with Gasteiger partial charge in [0.1, 0.15) is 11.5 Å². The third-order valence-electron chi connectivity index (χ3n) is 2.88. The first-order valence-electron chi connectivity index (χ1n) is 5.69. The second-order valence-electron chi connectivity index (χ2n) is 4.32. The van der Waals surface area contributed by atoms with Crippen molar-refractivity contribution in [3.8, 4) is 0 Å². The van der Waals surface area contributed by atoms with Crippen molar-refractivity contribution < 1.29 is 18.9 Å². The van der Waals surface area contributed by atoms with Crippen LogP contribution in [0.2, 0.25) is 0 Å². The van der Waals surface area contributed by atoms with Gasteiger partial charge in [0, 0.05) is 13.0 Å². The van der Waals surface area contributed by atoms with Crippen LogP contribution in [-0.2, 0) is 4.79 Å². The quantitative estimate of drug-likeness (QED) is 0.406. The fourth-order valence-electron chi connectivity index (χ4n) is 1.91. The maximum atomic E-state index is 13.3. The summed E-state index contributed by atoms with van der Waals surface area (Å²) in [7, 11) is 0. The minimum absolute atomic E-state index is 0.100. The van der Waals surface area contributed by atoms with Crippen molar-refractivity contribution in [1.82, 2.24) is 10.6 Å². The number of nitrogens with zero attached hydrogens (tertiary/aromatic N) is 1. The number of amides is 2. The normalized spacial score (nSPS) is 17.6. The lowest BCUT2D eigenvalue weighted by Gasteiger charge is -2.12. The average Bonchev–Trinajstić information content (AvgIpc) is 2.76. The van der Waals surface area contributed by atoms with E-state index in [9.17, 15) is 24.1 Å². The number of carbonyl (C=O) groups excluding carboxylic acids is 2. The molecule has 4 N–H and O–H groups in total. The highest BCUT2D eigenvalue weighted by molar-refractivity contribution is 6.01. The van der Waals surface area contributed by atoms with E-state index in [4.69, 9.17) is 5.73 Å². The fraction of sp³-hybridized carbons (Fsp3) is 0.273. The number of nitrogens with two attached hydrogens (primary N) is 1. The number of nitrogens with one attached hydrogen (secondary N) is 2. The number of hydrogen-bond acceptors (Lipinski definition) is 5. The molecule has 1 saturated heterocycles. The summed E-state index contributed by atoms with van der Waals surface area (Å²) < 4.78 is 13.3. The molecule has 1 atom stereocenters. The van der Waals surface area contributed by atoms with Crippen molar-refractivity contribution in [3.05, 3.63) is 33.6 Å². The Morgan fingerprint density at radius 3 is 2.80 bits per heavy atom. The first kappa shape index (κ1) is 13.7. The molecule has 2 rings (SSSR count). The van der Waals surface area contributed by atoms with Gasteiger partial charge in [-0.1, -0.05) is 0 Å². The molecular formula is C11H11FN4O4. The lowest BCUT2D eigenvalue weighted by molar-refractivity contribution is -0.384. The van der Waals surface area contributed by atoms with Gasteiger partial charge in [-0.2, -0.15) is 0 Å². The van der Waals surface area contributed by atoms with Crippen LogP contribution in [0.5, 0.6) is 0 Å². The van der Waals surface area contributed by atoms with Crippen molar-refractivity contribution in [2.45, 2.75) is 12.5 Å². The summed E-state index contributed by atoms with van der Waals surface area (Å²) in [4.78, 5) is 32.8. The van der Waals surface area contributed by atoms with Crippen molar-refractivity contribution >= 4 is 23.2 Å². The van der Waals surface area contributed by atoms with Gasteiger partial charge < -0.3 is 16.4 Å². The number of benzene rings is 1. The van der Waals surface area contributed by atoms with E-state index in [-0.39, 0.29) is 24.4 Å². The van der Waals surface area contributed by atoms with Gasteiger partial charge in [-0.3, -0.25) is 19.7 Å². The fourth-order valence-corrected chi connectivity index (χ4v) is 1.91. The molecule has 0 radical (unpaired) electrons. The number of carbonyl (C=O) groups is 2. The Balaban J connectivity index is 2.25. The van der Waals surface area contributed by atoms with Crippen LogP contribution in [0.3, 0.4) is 0 Å². The van der Waals surface area contributed by atoms with Crippen molar-refractivity contribution in [2.24, 2.45) is 0 Å². The Hall–Kier alpha value is -2.71. The summed E-state index contributed by atoms with van der Waals surface area (Å²) in [6.07, 6.45) is 0.100. The molecule has 1 heterocycles. The highest BCUT2D eigenvalue weighted by Gasteiger charge is 2.26. The van der Waals surface area contributed by atoms with E-state index in [0.717, 1.165) is 6.07 Å². The van der Waals surface area contributed by atoms with E-state index in [1.807, 2.05) is 0 Å². The monoisotopic (exact) mass is 282 g/mol. The molecule has 1 aliphatic rings. The van der Waals surface area contributed by atoms with Gasteiger partial charge in [0.15, 0.2) is 0 Å². The van der Waals surface area contributed by atoms with Crippen LogP contribution in [0.15, 0.2) is 12.1 Å². The molecule has 1 unspecified atom stereocenters. The van der Waals surface area contributed by atoms with Crippen molar-refractivity contribution in [1.29, 1.82) is 0 Å². The number of hydrogen-bond donors (Lipinski definition) is 3.